The van der Waals surface area contributed by atoms with Crippen LogP contribution < -0.4 is 0 Å². The van der Waals surface area contributed by atoms with E-state index in [1.54, 1.807) is 0 Å². The molecule has 122 valence electrons. The van der Waals surface area contributed by atoms with E-state index in [2.05, 4.69) is 52.6 Å². The summed E-state index contributed by atoms with van der Waals surface area (Å²) in [5, 5.41) is 0.231. The lowest BCUT2D eigenvalue weighted by Gasteiger charge is -2.37. The molecule has 0 unspecified atom stereocenters. The van der Waals surface area contributed by atoms with E-state index in [1.165, 1.54) is 0 Å². The summed E-state index contributed by atoms with van der Waals surface area (Å²) in [4.78, 5) is 0. The Morgan fingerprint density at radius 1 is 1.24 bits per heavy atom. The molecule has 0 spiro atoms. The van der Waals surface area contributed by atoms with Gasteiger partial charge in [-0.2, -0.15) is 0 Å². The molecule has 0 aromatic carbocycles. The van der Waals surface area contributed by atoms with Crippen LogP contribution in [0.25, 0.3) is 0 Å². The fraction of sp³-hybridized carbons (Fsp3) is 0.882. The highest BCUT2D eigenvalue weighted by Gasteiger charge is 2.38. The zero-order valence-corrected chi connectivity index (χ0v) is 15.8. The van der Waals surface area contributed by atoms with E-state index in [1.807, 2.05) is 6.92 Å². The molecule has 0 aliphatic carbocycles. The summed E-state index contributed by atoms with van der Waals surface area (Å²) < 4.78 is 17.4. The zero-order valence-electron chi connectivity index (χ0n) is 14.8. The molecule has 0 N–H and O–H groups in total. The molecule has 4 heteroatoms. The molecule has 3 nitrogen and oxygen atoms in total. The Kier molecular flexibility index (Phi) is 6.48. The highest BCUT2D eigenvalue weighted by Crippen LogP contribution is 2.37. The van der Waals surface area contributed by atoms with Gasteiger partial charge in [0.1, 0.15) is 6.10 Å². The van der Waals surface area contributed by atoms with Crippen molar-refractivity contribution in [2.45, 2.75) is 83.9 Å². The number of hydrogen-bond acceptors (Lipinski definition) is 3. The van der Waals surface area contributed by atoms with Crippen molar-refractivity contribution >= 4 is 8.32 Å². The first-order chi connectivity index (χ1) is 9.56. The molecule has 1 fully saturated rings. The Bertz CT molecular complexity index is 381. The molecule has 21 heavy (non-hydrogen) atoms. The van der Waals surface area contributed by atoms with Crippen molar-refractivity contribution < 1.29 is 13.9 Å². The lowest BCUT2D eigenvalue weighted by molar-refractivity contribution is -0.147. The van der Waals surface area contributed by atoms with Crippen molar-refractivity contribution in [2.24, 2.45) is 0 Å². The van der Waals surface area contributed by atoms with Gasteiger partial charge in [0.2, 0.25) is 0 Å². The van der Waals surface area contributed by atoms with Crippen molar-refractivity contribution in [3.63, 3.8) is 0 Å². The summed E-state index contributed by atoms with van der Waals surface area (Å²) in [6.07, 6.45) is 2.78. The second-order valence-electron chi connectivity index (χ2n) is 7.53. The van der Waals surface area contributed by atoms with Crippen LogP contribution >= 0.6 is 0 Å². The van der Waals surface area contributed by atoms with Crippen LogP contribution in [0.5, 0.6) is 0 Å². The number of unbranched alkanes of at least 4 members (excludes halogenated alkanes) is 1. The third-order valence-corrected chi connectivity index (χ3v) is 8.97. The standard InChI is InChI=1S/C17H32O3Si/c1-15(20-21(6,7)16(2,3)4)11-9-8-10-12-17(5)18-13-14-19-17/h15H,8,10,12-14H2,1-7H3/t15-/m0/s1. The van der Waals surface area contributed by atoms with Crippen molar-refractivity contribution in [3.8, 4) is 11.8 Å². The monoisotopic (exact) mass is 312 g/mol. The van der Waals surface area contributed by atoms with Crippen LogP contribution in [0, 0.1) is 11.8 Å². The predicted octanol–water partition coefficient (Wildman–Crippen LogP) is 4.33. The third kappa shape index (κ3) is 6.12. The van der Waals surface area contributed by atoms with Crippen molar-refractivity contribution in [3.05, 3.63) is 0 Å². The van der Waals surface area contributed by atoms with Gasteiger partial charge >= 0.3 is 0 Å². The Morgan fingerprint density at radius 2 is 1.81 bits per heavy atom. The van der Waals surface area contributed by atoms with Crippen LogP contribution in [0.4, 0.5) is 0 Å². The van der Waals surface area contributed by atoms with Gasteiger partial charge in [-0.3, -0.25) is 0 Å². The lowest BCUT2D eigenvalue weighted by atomic mass is 10.1. The quantitative estimate of drug-likeness (QED) is 0.429. The van der Waals surface area contributed by atoms with Crippen LogP contribution in [0.2, 0.25) is 18.1 Å². The summed E-state index contributed by atoms with van der Waals surface area (Å²) in [5.41, 5.74) is 0. The second-order valence-corrected chi connectivity index (χ2v) is 12.3. The number of ether oxygens (including phenoxy) is 2. The maximum Gasteiger partial charge on any atom is 0.193 e. The maximum atomic E-state index is 6.22. The topological polar surface area (TPSA) is 27.7 Å². The number of hydrogen-bond donors (Lipinski definition) is 0. The summed E-state index contributed by atoms with van der Waals surface area (Å²) in [5.74, 6) is 6.08. The molecular weight excluding hydrogens is 280 g/mol. The van der Waals surface area contributed by atoms with E-state index >= 15 is 0 Å². The van der Waals surface area contributed by atoms with Gasteiger partial charge in [0.05, 0.1) is 13.2 Å². The van der Waals surface area contributed by atoms with E-state index in [0.29, 0.717) is 13.2 Å². The van der Waals surface area contributed by atoms with E-state index in [0.717, 1.165) is 19.3 Å². The van der Waals surface area contributed by atoms with E-state index in [4.69, 9.17) is 13.9 Å². The number of rotatable bonds is 5. The van der Waals surface area contributed by atoms with E-state index in [9.17, 15) is 0 Å². The van der Waals surface area contributed by atoms with Crippen LogP contribution in [0.1, 0.15) is 53.9 Å². The highest BCUT2D eigenvalue weighted by molar-refractivity contribution is 6.74. The van der Waals surface area contributed by atoms with Crippen LogP contribution in [-0.2, 0) is 13.9 Å². The second kappa shape index (κ2) is 7.28. The Balaban J connectivity index is 2.31. The molecule has 0 saturated carbocycles. The highest BCUT2D eigenvalue weighted by atomic mass is 28.4. The molecule has 0 amide bonds. The van der Waals surface area contributed by atoms with Crippen molar-refractivity contribution in [1.29, 1.82) is 0 Å². The average molecular weight is 313 g/mol. The van der Waals surface area contributed by atoms with Crippen molar-refractivity contribution in [1.82, 2.24) is 0 Å². The fourth-order valence-electron chi connectivity index (χ4n) is 2.06. The molecule has 0 aromatic rings. The van der Waals surface area contributed by atoms with Crippen LogP contribution in [-0.4, -0.2) is 33.4 Å². The third-order valence-electron chi connectivity index (χ3n) is 4.41. The lowest BCUT2D eigenvalue weighted by Crippen LogP contribution is -2.43. The predicted molar refractivity (Wildman–Crippen MR) is 89.7 cm³/mol. The minimum absolute atomic E-state index is 0.0143. The van der Waals surface area contributed by atoms with Gasteiger partial charge in [-0.1, -0.05) is 26.7 Å². The smallest absolute Gasteiger partial charge is 0.193 e. The summed E-state index contributed by atoms with van der Waals surface area (Å²) in [7, 11) is -1.71. The molecule has 0 bridgehead atoms. The normalized spacial score (nSPS) is 20.0. The molecule has 1 aliphatic heterocycles. The molecule has 0 radical (unpaired) electrons. The molecular formula is C17H32O3Si. The molecule has 1 saturated heterocycles. The van der Waals surface area contributed by atoms with Crippen molar-refractivity contribution in [2.75, 3.05) is 13.2 Å². The van der Waals surface area contributed by atoms with Gasteiger partial charge in [-0.25, -0.2) is 0 Å². The molecule has 1 heterocycles. The fourth-order valence-corrected chi connectivity index (χ4v) is 3.36. The van der Waals surface area contributed by atoms with Gasteiger partial charge < -0.3 is 13.9 Å². The first kappa shape index (κ1) is 18.7. The molecule has 1 atom stereocenters. The first-order valence-electron chi connectivity index (χ1n) is 8.00. The summed E-state index contributed by atoms with van der Waals surface area (Å²) >= 11 is 0. The first-order valence-corrected chi connectivity index (χ1v) is 10.9. The average Bonchev–Trinajstić information content (AvgIpc) is 2.73. The SMILES string of the molecule is C[C@@H](C#CCCCC1(C)OCCO1)O[Si](C)(C)C(C)(C)C. The van der Waals surface area contributed by atoms with Crippen LogP contribution in [0.15, 0.2) is 0 Å². The van der Waals surface area contributed by atoms with Gasteiger partial charge in [-0.05, 0) is 38.4 Å². The van der Waals surface area contributed by atoms with Gasteiger partial charge in [0, 0.05) is 12.8 Å². The van der Waals surface area contributed by atoms with Crippen LogP contribution in [0.3, 0.4) is 0 Å². The Labute approximate surface area is 131 Å². The van der Waals surface area contributed by atoms with Gasteiger partial charge in [0.15, 0.2) is 14.1 Å². The minimum Gasteiger partial charge on any atom is -0.404 e. The largest absolute Gasteiger partial charge is 0.404 e. The summed E-state index contributed by atoms with van der Waals surface area (Å²) in [6, 6.07) is 0. The Hall–Kier alpha value is -0.343. The summed E-state index contributed by atoms with van der Waals surface area (Å²) in [6.45, 7) is 16.8. The minimum atomic E-state index is -1.71. The van der Waals surface area contributed by atoms with E-state index in [-0.39, 0.29) is 16.9 Å². The maximum absolute atomic E-state index is 6.22. The molecule has 1 rings (SSSR count). The van der Waals surface area contributed by atoms with Gasteiger partial charge in [0.25, 0.3) is 0 Å². The Morgan fingerprint density at radius 3 is 2.33 bits per heavy atom. The van der Waals surface area contributed by atoms with Gasteiger partial charge in [-0.15, -0.1) is 5.92 Å². The van der Waals surface area contributed by atoms with E-state index < -0.39 is 8.32 Å². The molecule has 1 aliphatic rings. The molecule has 0 aromatic heterocycles. The zero-order chi connectivity index (χ0) is 16.1.